The summed E-state index contributed by atoms with van der Waals surface area (Å²) in [5, 5.41) is 3.28. The van der Waals surface area contributed by atoms with E-state index in [1.807, 2.05) is 7.05 Å². The maximum Gasteiger partial charge on any atom is 0.0512 e. The van der Waals surface area contributed by atoms with E-state index in [2.05, 4.69) is 23.3 Å². The van der Waals surface area contributed by atoms with Gasteiger partial charge in [0.2, 0.25) is 0 Å². The molecule has 0 spiro atoms. The molecule has 1 saturated heterocycles. The first-order chi connectivity index (χ1) is 4.88. The maximum atomic E-state index is 4.19. The van der Waals surface area contributed by atoms with E-state index in [1.165, 1.54) is 11.3 Å². The second kappa shape index (κ2) is 3.52. The van der Waals surface area contributed by atoms with Gasteiger partial charge in [-0.15, -0.1) is 0 Å². The third-order valence-corrected chi connectivity index (χ3v) is 1.85. The van der Waals surface area contributed by atoms with Crippen molar-refractivity contribution in [3.05, 3.63) is 11.6 Å². The number of aliphatic imine (C=N–C) groups is 1. The van der Waals surface area contributed by atoms with Crippen molar-refractivity contribution < 1.29 is 0 Å². The predicted molar refractivity (Wildman–Crippen MR) is 44.6 cm³/mol. The number of piperidine rings is 1. The molecule has 0 amide bonds. The molecule has 0 aromatic heterocycles. The Kier molecular flexibility index (Phi) is 2.63. The number of allylic oxidation sites excluding steroid dienone is 1. The Balaban J connectivity index is 2.69. The van der Waals surface area contributed by atoms with E-state index < -0.39 is 0 Å². The summed E-state index contributed by atoms with van der Waals surface area (Å²) in [5.74, 6) is 0. The van der Waals surface area contributed by atoms with Crippen LogP contribution in [0.1, 0.15) is 13.3 Å². The van der Waals surface area contributed by atoms with Crippen molar-refractivity contribution in [3.63, 3.8) is 0 Å². The first-order valence-electron chi connectivity index (χ1n) is 3.70. The summed E-state index contributed by atoms with van der Waals surface area (Å²) >= 11 is 0. The molecule has 1 fully saturated rings. The van der Waals surface area contributed by atoms with Crippen molar-refractivity contribution in [3.8, 4) is 0 Å². The molecule has 0 aliphatic carbocycles. The average Bonchev–Trinajstić information content (AvgIpc) is 2.04. The number of hydrogen-bond donors (Lipinski definition) is 1. The zero-order valence-corrected chi connectivity index (χ0v) is 6.65. The third kappa shape index (κ3) is 1.45. The molecule has 0 aromatic rings. The van der Waals surface area contributed by atoms with Crippen molar-refractivity contribution in [1.82, 2.24) is 5.32 Å². The van der Waals surface area contributed by atoms with Crippen LogP contribution in [0.5, 0.6) is 0 Å². The second-order valence-corrected chi connectivity index (χ2v) is 2.41. The first kappa shape index (κ1) is 7.48. The van der Waals surface area contributed by atoms with Crippen molar-refractivity contribution in [2.45, 2.75) is 13.3 Å². The Labute approximate surface area is 62.0 Å². The van der Waals surface area contributed by atoms with Gasteiger partial charge >= 0.3 is 0 Å². The van der Waals surface area contributed by atoms with E-state index >= 15 is 0 Å². The van der Waals surface area contributed by atoms with Gasteiger partial charge in [-0.1, -0.05) is 6.08 Å². The Bertz CT molecular complexity index is 148. The van der Waals surface area contributed by atoms with Crippen LogP contribution in [0.2, 0.25) is 0 Å². The van der Waals surface area contributed by atoms with Crippen LogP contribution in [0.4, 0.5) is 0 Å². The van der Waals surface area contributed by atoms with Gasteiger partial charge < -0.3 is 5.32 Å². The maximum absolute atomic E-state index is 4.19. The highest BCUT2D eigenvalue weighted by Gasteiger charge is 2.09. The third-order valence-electron chi connectivity index (χ3n) is 1.85. The lowest BCUT2D eigenvalue weighted by Crippen LogP contribution is -2.31. The number of nitrogens with one attached hydrogen (secondary N) is 1. The van der Waals surface area contributed by atoms with Crippen LogP contribution in [-0.2, 0) is 0 Å². The number of nitrogens with zero attached hydrogens (tertiary/aromatic N) is 1. The van der Waals surface area contributed by atoms with Crippen LogP contribution < -0.4 is 5.32 Å². The minimum atomic E-state index is 0.941. The fraction of sp³-hybridized carbons (Fsp3) is 0.625. The highest BCUT2D eigenvalue weighted by Crippen LogP contribution is 2.06. The molecule has 10 heavy (non-hydrogen) atoms. The summed E-state index contributed by atoms with van der Waals surface area (Å²) in [5.41, 5.74) is 2.62. The molecule has 1 aliphatic heterocycles. The van der Waals surface area contributed by atoms with E-state index in [1.54, 1.807) is 0 Å². The van der Waals surface area contributed by atoms with Gasteiger partial charge in [0.25, 0.3) is 0 Å². The molecular weight excluding hydrogens is 124 g/mol. The van der Waals surface area contributed by atoms with Gasteiger partial charge in [-0.25, -0.2) is 0 Å². The summed E-state index contributed by atoms with van der Waals surface area (Å²) < 4.78 is 0. The van der Waals surface area contributed by atoms with Crippen LogP contribution in [0.15, 0.2) is 16.6 Å². The molecule has 1 aliphatic rings. The van der Waals surface area contributed by atoms with Crippen LogP contribution >= 0.6 is 0 Å². The van der Waals surface area contributed by atoms with Gasteiger partial charge in [0.05, 0.1) is 5.71 Å². The van der Waals surface area contributed by atoms with Crippen LogP contribution in [-0.4, -0.2) is 25.8 Å². The molecule has 56 valence electrons. The van der Waals surface area contributed by atoms with Gasteiger partial charge in [0.1, 0.15) is 0 Å². The smallest absolute Gasteiger partial charge is 0.0512 e. The lowest BCUT2D eigenvalue weighted by atomic mass is 10.0. The fourth-order valence-electron chi connectivity index (χ4n) is 1.22. The van der Waals surface area contributed by atoms with Gasteiger partial charge in [0.15, 0.2) is 0 Å². The van der Waals surface area contributed by atoms with Gasteiger partial charge in [0, 0.05) is 13.6 Å². The second-order valence-electron chi connectivity index (χ2n) is 2.41. The summed E-state index contributed by atoms with van der Waals surface area (Å²) in [6.45, 7) is 4.11. The molecule has 2 nitrogen and oxygen atoms in total. The monoisotopic (exact) mass is 138 g/mol. The van der Waals surface area contributed by atoms with Crippen molar-refractivity contribution in [2.24, 2.45) is 4.99 Å². The Morgan fingerprint density at radius 3 is 2.90 bits per heavy atom. The Morgan fingerprint density at radius 1 is 1.60 bits per heavy atom. The zero-order chi connectivity index (χ0) is 7.40. The molecule has 0 bridgehead atoms. The Hall–Kier alpha value is -0.630. The van der Waals surface area contributed by atoms with E-state index in [-0.39, 0.29) is 0 Å². The van der Waals surface area contributed by atoms with Crippen LogP contribution in [0.3, 0.4) is 0 Å². The van der Waals surface area contributed by atoms with Crippen LogP contribution in [0.25, 0.3) is 0 Å². The van der Waals surface area contributed by atoms with Gasteiger partial charge in [-0.05, 0) is 25.5 Å². The molecule has 1 heterocycles. The normalized spacial score (nSPS) is 27.8. The van der Waals surface area contributed by atoms with E-state index in [9.17, 15) is 0 Å². The Morgan fingerprint density at radius 2 is 2.40 bits per heavy atom. The molecular formula is C8H14N2. The SMILES string of the molecule is C/C=C1/CCNCC1=NC. The van der Waals surface area contributed by atoms with Gasteiger partial charge in [-0.2, -0.15) is 0 Å². The summed E-state index contributed by atoms with van der Waals surface area (Å²) in [6, 6.07) is 0. The van der Waals surface area contributed by atoms with Crippen molar-refractivity contribution in [2.75, 3.05) is 20.1 Å². The van der Waals surface area contributed by atoms with Crippen molar-refractivity contribution >= 4 is 5.71 Å². The topological polar surface area (TPSA) is 24.4 Å². The number of hydrogen-bond acceptors (Lipinski definition) is 2. The minimum Gasteiger partial charge on any atom is -0.311 e. The highest BCUT2D eigenvalue weighted by atomic mass is 14.9. The summed E-state index contributed by atoms with van der Waals surface area (Å²) in [4.78, 5) is 4.19. The number of rotatable bonds is 0. The van der Waals surface area contributed by atoms with E-state index in [0.717, 1.165) is 19.5 Å². The van der Waals surface area contributed by atoms with E-state index in [4.69, 9.17) is 0 Å². The molecule has 0 unspecified atom stereocenters. The molecule has 0 saturated carbocycles. The first-order valence-corrected chi connectivity index (χ1v) is 3.70. The minimum absolute atomic E-state index is 0.941. The van der Waals surface area contributed by atoms with E-state index in [0.29, 0.717) is 0 Å². The molecule has 0 radical (unpaired) electrons. The fourth-order valence-corrected chi connectivity index (χ4v) is 1.22. The zero-order valence-electron chi connectivity index (χ0n) is 6.65. The lowest BCUT2D eigenvalue weighted by Gasteiger charge is -2.17. The quantitative estimate of drug-likeness (QED) is 0.530. The largest absolute Gasteiger partial charge is 0.311 e. The highest BCUT2D eigenvalue weighted by molar-refractivity contribution is 6.02. The molecule has 0 atom stereocenters. The standard InChI is InChI=1S/C8H14N2/c1-3-7-4-5-10-6-8(7)9-2/h3,10H,4-6H2,1-2H3/b7-3-,9-8?. The molecule has 1 N–H and O–H groups in total. The predicted octanol–water partition coefficient (Wildman–Crippen LogP) is 0.997. The molecule has 0 aromatic carbocycles. The van der Waals surface area contributed by atoms with Crippen LogP contribution in [0, 0.1) is 0 Å². The van der Waals surface area contributed by atoms with Gasteiger partial charge in [-0.3, -0.25) is 4.99 Å². The molecule has 2 heteroatoms. The molecule has 1 rings (SSSR count). The van der Waals surface area contributed by atoms with Crippen molar-refractivity contribution in [1.29, 1.82) is 0 Å². The average molecular weight is 138 g/mol. The lowest BCUT2D eigenvalue weighted by molar-refractivity contribution is 0.730. The summed E-state index contributed by atoms with van der Waals surface area (Å²) in [7, 11) is 1.85. The summed E-state index contributed by atoms with van der Waals surface area (Å²) in [6.07, 6.45) is 3.28.